The van der Waals surface area contributed by atoms with E-state index < -0.39 is 17.3 Å². The molecule has 0 bridgehead atoms. The Labute approximate surface area is 234 Å². The maximum Gasteiger partial charge on any atom is 0.410 e. The molecule has 0 aliphatic heterocycles. The summed E-state index contributed by atoms with van der Waals surface area (Å²) in [6, 6.07) is 0.577. The molecule has 7 nitrogen and oxygen atoms in total. The first-order valence-electron chi connectivity index (χ1n) is 15.6. The lowest BCUT2D eigenvalue weighted by molar-refractivity contribution is 0.0245. The van der Waals surface area contributed by atoms with Crippen molar-refractivity contribution >= 4 is 12.2 Å². The van der Waals surface area contributed by atoms with Gasteiger partial charge in [0.05, 0.1) is 0 Å². The third kappa shape index (κ3) is 20.5. The van der Waals surface area contributed by atoms with E-state index in [0.29, 0.717) is 32.1 Å². The SMILES string of the molecule is CC(C)(C)OC(=O)NCCCN(CCCNC1CCCCCCCCCCCCCC1)C(=O)OC(C)(C)C. The monoisotopic (exact) mass is 539 g/mol. The minimum Gasteiger partial charge on any atom is -0.444 e. The van der Waals surface area contributed by atoms with Crippen LogP contribution in [0.4, 0.5) is 9.59 Å². The maximum atomic E-state index is 12.8. The van der Waals surface area contributed by atoms with E-state index in [-0.39, 0.29) is 6.09 Å². The van der Waals surface area contributed by atoms with Gasteiger partial charge in [-0.25, -0.2) is 9.59 Å². The van der Waals surface area contributed by atoms with Gasteiger partial charge in [-0.2, -0.15) is 0 Å². The molecule has 0 unspecified atom stereocenters. The molecule has 0 aromatic rings. The van der Waals surface area contributed by atoms with Crippen molar-refractivity contribution in [1.29, 1.82) is 0 Å². The number of hydrogen-bond acceptors (Lipinski definition) is 5. The third-order valence-corrected chi connectivity index (χ3v) is 6.82. The first kappa shape index (κ1) is 34.5. The quantitative estimate of drug-likeness (QED) is 0.291. The van der Waals surface area contributed by atoms with Crippen molar-refractivity contribution in [2.75, 3.05) is 26.2 Å². The third-order valence-electron chi connectivity index (χ3n) is 6.82. The van der Waals surface area contributed by atoms with Crippen LogP contribution in [0, 0.1) is 0 Å². The molecule has 1 aliphatic carbocycles. The van der Waals surface area contributed by atoms with E-state index in [9.17, 15) is 9.59 Å². The molecule has 1 rings (SSSR count). The average molecular weight is 540 g/mol. The molecular formula is C31H61N3O4. The largest absolute Gasteiger partial charge is 0.444 e. The summed E-state index contributed by atoms with van der Waals surface area (Å²) >= 11 is 0. The van der Waals surface area contributed by atoms with Crippen molar-refractivity contribution in [2.45, 2.75) is 162 Å². The molecule has 2 amide bonds. The van der Waals surface area contributed by atoms with Gasteiger partial charge in [-0.1, -0.05) is 77.0 Å². The van der Waals surface area contributed by atoms with Crippen molar-refractivity contribution in [3.05, 3.63) is 0 Å². The number of ether oxygens (including phenoxy) is 2. The van der Waals surface area contributed by atoms with Crippen LogP contribution in [0.15, 0.2) is 0 Å². The number of hydrogen-bond donors (Lipinski definition) is 2. The van der Waals surface area contributed by atoms with Crippen LogP contribution in [-0.4, -0.2) is 60.5 Å². The van der Waals surface area contributed by atoms with Crippen LogP contribution in [0.3, 0.4) is 0 Å². The lowest BCUT2D eigenvalue weighted by atomic mass is 10.0. The van der Waals surface area contributed by atoms with Gasteiger partial charge >= 0.3 is 12.2 Å². The molecule has 38 heavy (non-hydrogen) atoms. The van der Waals surface area contributed by atoms with Gasteiger partial charge in [-0.3, -0.25) is 0 Å². The van der Waals surface area contributed by atoms with Gasteiger partial charge in [0.25, 0.3) is 0 Å². The molecule has 0 radical (unpaired) electrons. The molecule has 2 N–H and O–H groups in total. The van der Waals surface area contributed by atoms with Crippen LogP contribution in [0.5, 0.6) is 0 Å². The summed E-state index contributed by atoms with van der Waals surface area (Å²) in [5, 5.41) is 6.59. The summed E-state index contributed by atoms with van der Waals surface area (Å²) in [7, 11) is 0. The van der Waals surface area contributed by atoms with Crippen LogP contribution in [0.1, 0.15) is 144 Å². The Balaban J connectivity index is 2.48. The molecule has 224 valence electrons. The summed E-state index contributed by atoms with van der Waals surface area (Å²) in [5.74, 6) is 0. The van der Waals surface area contributed by atoms with E-state index in [1.54, 1.807) is 4.90 Å². The zero-order valence-electron chi connectivity index (χ0n) is 25.8. The van der Waals surface area contributed by atoms with Gasteiger partial charge in [0.1, 0.15) is 11.2 Å². The fraction of sp³-hybridized carbons (Fsp3) is 0.935. The number of nitrogens with zero attached hydrogens (tertiary/aromatic N) is 1. The van der Waals surface area contributed by atoms with Gasteiger partial charge in [0, 0.05) is 25.7 Å². The van der Waals surface area contributed by atoms with Crippen LogP contribution < -0.4 is 10.6 Å². The highest BCUT2D eigenvalue weighted by atomic mass is 16.6. The first-order chi connectivity index (χ1) is 18.0. The van der Waals surface area contributed by atoms with Crippen molar-refractivity contribution in [2.24, 2.45) is 0 Å². The topological polar surface area (TPSA) is 79.9 Å². The summed E-state index contributed by atoms with van der Waals surface area (Å²) in [6.45, 7) is 13.7. The highest BCUT2D eigenvalue weighted by Gasteiger charge is 2.22. The molecule has 0 heterocycles. The van der Waals surface area contributed by atoms with Crippen LogP contribution in [0.25, 0.3) is 0 Å². The van der Waals surface area contributed by atoms with Gasteiger partial charge in [0.2, 0.25) is 0 Å². The van der Waals surface area contributed by atoms with Crippen LogP contribution in [0.2, 0.25) is 0 Å². The summed E-state index contributed by atoms with van der Waals surface area (Å²) in [4.78, 5) is 26.5. The Morgan fingerprint density at radius 1 is 0.658 bits per heavy atom. The molecule has 0 spiro atoms. The van der Waals surface area contributed by atoms with E-state index in [2.05, 4.69) is 10.6 Å². The Bertz CT molecular complexity index is 612. The van der Waals surface area contributed by atoms with Gasteiger partial charge < -0.3 is 25.0 Å². The van der Waals surface area contributed by atoms with Crippen LogP contribution in [-0.2, 0) is 9.47 Å². The lowest BCUT2D eigenvalue weighted by Crippen LogP contribution is -2.40. The van der Waals surface area contributed by atoms with Gasteiger partial charge in [0.15, 0.2) is 0 Å². The molecule has 1 fully saturated rings. The van der Waals surface area contributed by atoms with Crippen molar-refractivity contribution in [1.82, 2.24) is 15.5 Å². The smallest absolute Gasteiger partial charge is 0.410 e. The minimum absolute atomic E-state index is 0.288. The summed E-state index contributed by atoms with van der Waals surface area (Å²) < 4.78 is 10.9. The highest BCUT2D eigenvalue weighted by Crippen LogP contribution is 2.17. The normalized spacial score (nSPS) is 17.6. The van der Waals surface area contributed by atoms with E-state index >= 15 is 0 Å². The molecule has 7 heteroatoms. The zero-order chi connectivity index (χ0) is 28.3. The minimum atomic E-state index is -0.535. The standard InChI is InChI=1S/C31H61N3O4/c1-30(2,3)37-28(35)33-24-20-26-34(29(36)38-31(4,5)6)25-19-23-32-27-21-17-15-13-11-9-7-8-10-12-14-16-18-22-27/h27,32H,7-26H2,1-6H3,(H,33,35). The second-order valence-electron chi connectivity index (χ2n) is 13.1. The number of rotatable bonds is 9. The fourth-order valence-electron chi connectivity index (χ4n) is 4.87. The lowest BCUT2D eigenvalue weighted by Gasteiger charge is -2.28. The van der Waals surface area contributed by atoms with Crippen molar-refractivity contribution in [3.8, 4) is 0 Å². The molecule has 0 atom stereocenters. The Morgan fingerprint density at radius 3 is 1.53 bits per heavy atom. The number of nitrogens with one attached hydrogen (secondary N) is 2. The Hall–Kier alpha value is -1.50. The first-order valence-corrected chi connectivity index (χ1v) is 15.6. The van der Waals surface area contributed by atoms with Gasteiger partial charge in [-0.05, 0) is 73.8 Å². The number of carbonyl (C=O) groups is 2. The molecular weight excluding hydrogens is 478 g/mol. The summed E-state index contributed by atoms with van der Waals surface area (Å²) in [5.41, 5.74) is -1.06. The molecule has 1 saturated carbocycles. The zero-order valence-corrected chi connectivity index (χ0v) is 25.8. The summed E-state index contributed by atoms with van der Waals surface area (Å²) in [6.07, 6.45) is 19.9. The maximum absolute atomic E-state index is 12.8. The Morgan fingerprint density at radius 2 is 1.08 bits per heavy atom. The highest BCUT2D eigenvalue weighted by molar-refractivity contribution is 5.68. The van der Waals surface area contributed by atoms with Gasteiger partial charge in [-0.15, -0.1) is 0 Å². The second kappa shape index (κ2) is 19.5. The van der Waals surface area contributed by atoms with E-state index in [1.165, 1.54) is 89.9 Å². The average Bonchev–Trinajstić information content (AvgIpc) is 2.80. The van der Waals surface area contributed by atoms with Crippen molar-refractivity contribution < 1.29 is 19.1 Å². The number of carbonyl (C=O) groups excluding carboxylic acids is 2. The van der Waals surface area contributed by atoms with E-state index in [0.717, 1.165) is 13.0 Å². The molecule has 1 aliphatic rings. The molecule has 0 aromatic heterocycles. The Kier molecular flexibility index (Phi) is 17.8. The molecule has 0 saturated heterocycles. The van der Waals surface area contributed by atoms with E-state index in [4.69, 9.17) is 9.47 Å². The van der Waals surface area contributed by atoms with E-state index in [1.807, 2.05) is 41.5 Å². The van der Waals surface area contributed by atoms with Crippen molar-refractivity contribution in [3.63, 3.8) is 0 Å². The van der Waals surface area contributed by atoms with Crippen LogP contribution >= 0.6 is 0 Å². The number of alkyl carbamates (subject to hydrolysis) is 1. The second-order valence-corrected chi connectivity index (χ2v) is 13.1. The predicted molar refractivity (Wildman–Crippen MR) is 158 cm³/mol. The fourth-order valence-corrected chi connectivity index (χ4v) is 4.87. The predicted octanol–water partition coefficient (Wildman–Crippen LogP) is 7.96. The molecule has 0 aromatic carbocycles. The number of amides is 2.